The van der Waals surface area contributed by atoms with E-state index in [2.05, 4.69) is 31.9 Å². The van der Waals surface area contributed by atoms with Crippen molar-refractivity contribution in [2.45, 2.75) is 110 Å². The van der Waals surface area contributed by atoms with E-state index in [-0.39, 0.29) is 31.1 Å². The van der Waals surface area contributed by atoms with Gasteiger partial charge in [-0.05, 0) is 61.7 Å². The smallest absolute Gasteiger partial charge is 0.243 e. The van der Waals surface area contributed by atoms with E-state index in [0.717, 1.165) is 24.1 Å². The molecule has 286 valence electrons. The highest BCUT2D eigenvalue weighted by Gasteiger charge is 2.38. The highest BCUT2D eigenvalue weighted by atomic mass is 16.2. The zero-order valence-corrected chi connectivity index (χ0v) is 31.7. The number of nitrogens with one attached hydrogen (secondary N) is 6. The Morgan fingerprint density at radius 2 is 1.12 bits per heavy atom. The molecule has 13 heteroatoms. The summed E-state index contributed by atoms with van der Waals surface area (Å²) in [5.74, 6) is -3.38. The fourth-order valence-electron chi connectivity index (χ4n) is 5.72. The normalized spacial score (nSPS) is 14.2. The molecule has 6 amide bonds. The lowest BCUT2D eigenvalue weighted by molar-refractivity contribution is -0.136. The van der Waals surface area contributed by atoms with Gasteiger partial charge in [-0.3, -0.25) is 28.8 Å². The molecular weight excluding hydrogens is 662 g/mol. The van der Waals surface area contributed by atoms with Crippen molar-refractivity contribution in [1.82, 2.24) is 31.9 Å². The van der Waals surface area contributed by atoms with Gasteiger partial charge in [0.15, 0.2) is 0 Å². The molecule has 0 saturated carbocycles. The third-order valence-electron chi connectivity index (χ3n) is 8.48. The van der Waals surface area contributed by atoms with Gasteiger partial charge in [0.2, 0.25) is 35.4 Å². The van der Waals surface area contributed by atoms with Crippen LogP contribution in [0.15, 0.2) is 60.7 Å². The van der Waals surface area contributed by atoms with E-state index in [4.69, 9.17) is 5.73 Å². The van der Waals surface area contributed by atoms with Crippen LogP contribution in [0.25, 0.3) is 0 Å². The molecule has 5 atom stereocenters. The number of hydrogen-bond acceptors (Lipinski definition) is 7. The maximum Gasteiger partial charge on any atom is 0.243 e. The summed E-state index contributed by atoms with van der Waals surface area (Å²) in [6.45, 7) is 11.3. The number of nitrogens with two attached hydrogens (primary N) is 1. The molecular formula is C39H59N7O6. The molecule has 2 rings (SSSR count). The van der Waals surface area contributed by atoms with Crippen LogP contribution >= 0.6 is 0 Å². The molecule has 0 spiro atoms. The van der Waals surface area contributed by atoms with Crippen molar-refractivity contribution in [3.05, 3.63) is 71.8 Å². The number of primary amides is 1. The predicted octanol–water partition coefficient (Wildman–Crippen LogP) is 1.88. The molecule has 0 radical (unpaired) electrons. The van der Waals surface area contributed by atoms with Crippen LogP contribution in [-0.2, 0) is 41.6 Å². The summed E-state index contributed by atoms with van der Waals surface area (Å²) < 4.78 is 0. The number of unbranched alkanes of at least 4 members (excludes halogenated alkanes) is 1. The average molecular weight is 722 g/mol. The van der Waals surface area contributed by atoms with Gasteiger partial charge in [0.1, 0.15) is 30.2 Å². The molecule has 52 heavy (non-hydrogen) atoms. The molecule has 0 aliphatic rings. The van der Waals surface area contributed by atoms with Gasteiger partial charge in [-0.25, -0.2) is 0 Å². The van der Waals surface area contributed by atoms with Crippen molar-refractivity contribution in [3.8, 4) is 0 Å². The Balaban J connectivity index is 2.32. The van der Waals surface area contributed by atoms with E-state index < -0.39 is 65.2 Å². The van der Waals surface area contributed by atoms with Crippen LogP contribution < -0.4 is 37.6 Å². The van der Waals surface area contributed by atoms with Crippen LogP contribution in [0.3, 0.4) is 0 Å². The van der Waals surface area contributed by atoms with Crippen molar-refractivity contribution < 1.29 is 28.8 Å². The monoisotopic (exact) mass is 721 g/mol. The van der Waals surface area contributed by atoms with Crippen molar-refractivity contribution in [2.24, 2.45) is 17.1 Å². The SMILES string of the molecule is CNCCCC[C@H](NC(C)=O)C(=O)N[C@H](CC(C)C)C(=O)N[C@H](C(=O)N[C@H](Cc1ccccc1)C(=O)N[C@H](Cc1ccccc1)C(N)=O)C(C)(C)C. The highest BCUT2D eigenvalue weighted by Crippen LogP contribution is 2.21. The standard InChI is InChI=1S/C39H59N7O6/c1-25(2)22-31(44-35(49)29(42-26(3)47)20-14-15-21-41-7)37(51)46-33(39(4,5)6)38(52)45-32(24-28-18-12-9-13-19-28)36(50)43-30(34(40)48)23-27-16-10-8-11-17-27/h8-13,16-19,25,29-33,41H,14-15,20-24H2,1-7H3,(H2,40,48)(H,42,47)(H,43,50)(H,44,49)(H,45,52)(H,46,51)/t29-,30+,31+,32+,33+/m0/s1. The van der Waals surface area contributed by atoms with Crippen LogP contribution in [-0.4, -0.2) is 79.2 Å². The van der Waals surface area contributed by atoms with Crippen LogP contribution in [0.2, 0.25) is 0 Å². The van der Waals surface area contributed by atoms with Crippen LogP contribution in [0, 0.1) is 11.3 Å². The summed E-state index contributed by atoms with van der Waals surface area (Å²) in [5, 5.41) is 16.9. The van der Waals surface area contributed by atoms with Crippen LogP contribution in [0.4, 0.5) is 0 Å². The summed E-state index contributed by atoms with van der Waals surface area (Å²) in [6.07, 6.45) is 2.41. The lowest BCUT2D eigenvalue weighted by Crippen LogP contribution is -2.62. The summed E-state index contributed by atoms with van der Waals surface area (Å²) in [6, 6.07) is 13.1. The number of carbonyl (C=O) groups is 6. The minimum Gasteiger partial charge on any atom is -0.368 e. The molecule has 0 aliphatic carbocycles. The Kier molecular flexibility index (Phi) is 18.0. The van der Waals surface area contributed by atoms with E-state index in [0.29, 0.717) is 12.8 Å². The molecule has 0 unspecified atom stereocenters. The number of carbonyl (C=O) groups excluding carboxylic acids is 6. The fraction of sp³-hybridized carbons (Fsp3) is 0.538. The number of hydrogen-bond donors (Lipinski definition) is 7. The average Bonchev–Trinajstić information content (AvgIpc) is 3.07. The fourth-order valence-corrected chi connectivity index (χ4v) is 5.72. The Morgan fingerprint density at radius 1 is 0.635 bits per heavy atom. The van der Waals surface area contributed by atoms with Crippen molar-refractivity contribution >= 4 is 35.4 Å². The summed E-state index contributed by atoms with van der Waals surface area (Å²) in [7, 11) is 1.84. The Hall–Kier alpha value is -4.78. The second-order valence-corrected chi connectivity index (χ2v) is 14.8. The first-order valence-electron chi connectivity index (χ1n) is 18.0. The second kappa shape index (κ2) is 21.6. The lowest BCUT2D eigenvalue weighted by atomic mass is 9.85. The van der Waals surface area contributed by atoms with Gasteiger partial charge in [-0.2, -0.15) is 0 Å². The topological polar surface area (TPSA) is 201 Å². The number of rotatable bonds is 21. The lowest BCUT2D eigenvalue weighted by Gasteiger charge is -2.33. The summed E-state index contributed by atoms with van der Waals surface area (Å²) >= 11 is 0. The van der Waals surface area contributed by atoms with E-state index in [1.165, 1.54) is 6.92 Å². The molecule has 13 nitrogen and oxygen atoms in total. The van der Waals surface area contributed by atoms with Crippen LogP contribution in [0.5, 0.6) is 0 Å². The van der Waals surface area contributed by atoms with Gasteiger partial charge in [0.05, 0.1) is 0 Å². The third kappa shape index (κ3) is 15.6. The molecule has 0 bridgehead atoms. The molecule has 2 aromatic rings. The van der Waals surface area contributed by atoms with Crippen molar-refractivity contribution in [1.29, 1.82) is 0 Å². The molecule has 2 aromatic carbocycles. The van der Waals surface area contributed by atoms with E-state index in [1.807, 2.05) is 81.6 Å². The largest absolute Gasteiger partial charge is 0.368 e. The van der Waals surface area contributed by atoms with Gasteiger partial charge in [-0.15, -0.1) is 0 Å². The molecule has 0 heterocycles. The molecule has 0 aliphatic heterocycles. The first-order valence-corrected chi connectivity index (χ1v) is 18.0. The zero-order valence-electron chi connectivity index (χ0n) is 31.7. The third-order valence-corrected chi connectivity index (χ3v) is 8.48. The second-order valence-electron chi connectivity index (χ2n) is 14.8. The predicted molar refractivity (Wildman–Crippen MR) is 202 cm³/mol. The van der Waals surface area contributed by atoms with Gasteiger partial charge in [-0.1, -0.05) is 95.3 Å². The highest BCUT2D eigenvalue weighted by molar-refractivity contribution is 5.96. The maximum atomic E-state index is 14.1. The van der Waals surface area contributed by atoms with Gasteiger partial charge in [0.25, 0.3) is 0 Å². The minimum atomic E-state index is -1.12. The molecule has 0 saturated heterocycles. The van der Waals surface area contributed by atoms with E-state index in [1.54, 1.807) is 20.8 Å². The van der Waals surface area contributed by atoms with Crippen molar-refractivity contribution in [3.63, 3.8) is 0 Å². The summed E-state index contributed by atoms with van der Waals surface area (Å²) in [4.78, 5) is 79.5. The summed E-state index contributed by atoms with van der Waals surface area (Å²) in [5.41, 5.74) is 6.42. The maximum absolute atomic E-state index is 14.1. The van der Waals surface area contributed by atoms with Gasteiger partial charge in [0, 0.05) is 19.8 Å². The minimum absolute atomic E-state index is 0.000782. The molecule has 0 aromatic heterocycles. The van der Waals surface area contributed by atoms with E-state index in [9.17, 15) is 28.8 Å². The number of amides is 6. The Morgan fingerprint density at radius 3 is 1.60 bits per heavy atom. The van der Waals surface area contributed by atoms with Crippen LogP contribution in [0.1, 0.15) is 78.4 Å². The zero-order chi connectivity index (χ0) is 38.8. The first kappa shape index (κ1) is 43.4. The molecule has 8 N–H and O–H groups in total. The van der Waals surface area contributed by atoms with Crippen molar-refractivity contribution in [2.75, 3.05) is 13.6 Å². The Labute approximate surface area is 308 Å². The first-order chi connectivity index (χ1) is 24.5. The quantitative estimate of drug-likeness (QED) is 0.0955. The van der Waals surface area contributed by atoms with Gasteiger partial charge < -0.3 is 37.6 Å². The molecule has 0 fully saturated rings. The number of benzene rings is 2. The van der Waals surface area contributed by atoms with E-state index >= 15 is 0 Å². The Bertz CT molecular complexity index is 1460. The van der Waals surface area contributed by atoms with Gasteiger partial charge >= 0.3 is 0 Å².